The fourth-order valence-electron chi connectivity index (χ4n) is 10.0. The Morgan fingerprint density at radius 1 is 1.00 bits per heavy atom. The number of nitrogens with one attached hydrogen (secondary N) is 3. The van der Waals surface area contributed by atoms with Gasteiger partial charge in [0.25, 0.3) is 5.91 Å². The molecule has 68 heavy (non-hydrogen) atoms. The number of hydrogen-bond acceptors (Lipinski definition) is 11. The van der Waals surface area contributed by atoms with E-state index < -0.39 is 29.5 Å². The van der Waals surface area contributed by atoms with Crippen LogP contribution in [0.2, 0.25) is 5.02 Å². The third kappa shape index (κ3) is 11.7. The quantitative estimate of drug-likeness (QED) is 0.0625. The molecule has 2 aliphatic carbocycles. The number of amides is 3. The second kappa shape index (κ2) is 21.1. The molecule has 15 heteroatoms. The smallest absolute Gasteiger partial charge is 0.251 e. The third-order valence-corrected chi connectivity index (χ3v) is 14.8. The molecule has 3 fully saturated rings. The van der Waals surface area contributed by atoms with Crippen LogP contribution >= 0.6 is 22.9 Å². The summed E-state index contributed by atoms with van der Waals surface area (Å²) in [7, 11) is 0. The Hall–Kier alpha value is -5.33. The number of aryl methyl sites for hydroxylation is 1. The van der Waals surface area contributed by atoms with Crippen LogP contribution in [-0.2, 0) is 25.5 Å². The van der Waals surface area contributed by atoms with E-state index >= 15 is 0 Å². The number of hydrogen-bond donors (Lipinski definition) is 4. The number of rotatable bonds is 20. The van der Waals surface area contributed by atoms with E-state index in [0.29, 0.717) is 53.8 Å². The molecule has 3 aliphatic rings. The Kier molecular flexibility index (Phi) is 15.7. The van der Waals surface area contributed by atoms with Gasteiger partial charge in [-0.15, -0.1) is 11.3 Å². The van der Waals surface area contributed by atoms with Crippen molar-refractivity contribution in [2.75, 3.05) is 31.6 Å². The van der Waals surface area contributed by atoms with Gasteiger partial charge in [0.15, 0.2) is 5.78 Å². The van der Waals surface area contributed by atoms with Crippen molar-refractivity contribution in [1.29, 1.82) is 5.26 Å². The van der Waals surface area contributed by atoms with Gasteiger partial charge in [-0.05, 0) is 85.0 Å². The number of anilines is 1. The maximum absolute atomic E-state index is 14.1. The zero-order chi connectivity index (χ0) is 49.0. The third-order valence-electron chi connectivity index (χ3n) is 13.6. The standard InChI is InChI=1S/C53H65ClN6O7S/c1-51(2,3)46(48(65)60-29-38(61)26-41(60)42(62)23-12-32-10-13-34(14-11-32)45-44(33-15-16-33)57-31-68-45)58-43(63)30-66-25-9-8-24-56-37-20-17-35(18-21-37)47(64)59-49-52(4,5)50(53(49,6)7)67-39-22-19-36(28-55)40(54)27-39/h10-11,13-14,17-22,27,31,33,38,41,46,49-50,56,61H,8-9,12,15-16,23-26,29-30H2,1-7H3,(H,58,63)(H,59,64)/t38-,41+,46-,49?,50?/m1/s1. The summed E-state index contributed by atoms with van der Waals surface area (Å²) in [5, 5.41) is 29.6. The van der Waals surface area contributed by atoms with Crippen LogP contribution in [0.5, 0.6) is 5.75 Å². The monoisotopic (exact) mass is 964 g/mol. The number of benzene rings is 3. The molecule has 2 heterocycles. The van der Waals surface area contributed by atoms with Crippen LogP contribution in [-0.4, -0.2) is 95.1 Å². The lowest BCUT2D eigenvalue weighted by Gasteiger charge is -2.63. The van der Waals surface area contributed by atoms with Gasteiger partial charge in [-0.2, -0.15) is 5.26 Å². The molecule has 7 rings (SSSR count). The summed E-state index contributed by atoms with van der Waals surface area (Å²) >= 11 is 7.90. The van der Waals surface area contributed by atoms with Gasteiger partial charge in [0, 0.05) is 72.6 Å². The Bertz CT molecular complexity index is 2470. The zero-order valence-electron chi connectivity index (χ0n) is 40.2. The van der Waals surface area contributed by atoms with Crippen LogP contribution in [0.15, 0.2) is 72.2 Å². The van der Waals surface area contributed by atoms with E-state index in [0.717, 1.165) is 23.2 Å². The number of ketones is 1. The molecular formula is C53H65ClN6O7S. The van der Waals surface area contributed by atoms with Crippen molar-refractivity contribution in [3.8, 4) is 22.3 Å². The Balaban J connectivity index is 0.805. The highest BCUT2D eigenvalue weighted by Crippen LogP contribution is 2.55. The number of carbonyl (C=O) groups excluding carboxylic acids is 4. The minimum Gasteiger partial charge on any atom is -0.489 e. The number of likely N-dealkylation sites (tertiary alicyclic amines) is 1. The zero-order valence-corrected chi connectivity index (χ0v) is 41.8. The van der Waals surface area contributed by atoms with Gasteiger partial charge in [-0.3, -0.25) is 19.2 Å². The number of β-amino-alcohol motifs (C(OH)–C–C–N with tert-alkyl or cyclic N) is 1. The topological polar surface area (TPSA) is 183 Å². The lowest BCUT2D eigenvalue weighted by Crippen LogP contribution is -2.74. The summed E-state index contributed by atoms with van der Waals surface area (Å²) in [6.45, 7) is 14.6. The number of ether oxygens (including phenoxy) is 2. The molecule has 2 saturated carbocycles. The number of thiazole rings is 1. The molecule has 1 aromatic heterocycles. The number of aliphatic hydroxyl groups is 1. The van der Waals surface area contributed by atoms with E-state index in [1.165, 1.54) is 28.3 Å². The Morgan fingerprint density at radius 3 is 2.35 bits per heavy atom. The van der Waals surface area contributed by atoms with Crippen molar-refractivity contribution in [2.24, 2.45) is 16.2 Å². The van der Waals surface area contributed by atoms with E-state index in [4.69, 9.17) is 21.1 Å². The van der Waals surface area contributed by atoms with Gasteiger partial charge in [0.1, 0.15) is 30.6 Å². The molecule has 3 amide bonds. The molecular weight excluding hydrogens is 900 g/mol. The van der Waals surface area contributed by atoms with Crippen LogP contribution in [0, 0.1) is 27.6 Å². The fraction of sp³-hybridized carbons (Fsp3) is 0.509. The van der Waals surface area contributed by atoms with Crippen LogP contribution in [0.1, 0.15) is 120 Å². The van der Waals surface area contributed by atoms with E-state index in [1.807, 2.05) is 50.5 Å². The van der Waals surface area contributed by atoms with Gasteiger partial charge < -0.3 is 35.4 Å². The van der Waals surface area contributed by atoms with Gasteiger partial charge in [0.2, 0.25) is 11.8 Å². The fourth-order valence-corrected chi connectivity index (χ4v) is 11.1. The number of nitriles is 1. The second-order valence-corrected chi connectivity index (χ2v) is 22.1. The first kappa shape index (κ1) is 50.5. The minimum atomic E-state index is -0.925. The van der Waals surface area contributed by atoms with Crippen LogP contribution < -0.4 is 20.7 Å². The van der Waals surface area contributed by atoms with Crippen molar-refractivity contribution in [1.82, 2.24) is 20.5 Å². The summed E-state index contributed by atoms with van der Waals surface area (Å²) in [4.78, 5) is 61.4. The van der Waals surface area contributed by atoms with E-state index in [-0.39, 0.29) is 66.6 Å². The average Bonchev–Trinajstić information content (AvgIpc) is 3.89. The summed E-state index contributed by atoms with van der Waals surface area (Å²) in [5.41, 5.74) is 5.60. The first-order valence-electron chi connectivity index (χ1n) is 23.7. The van der Waals surface area contributed by atoms with Crippen LogP contribution in [0.25, 0.3) is 10.4 Å². The highest BCUT2D eigenvalue weighted by Gasteiger charge is 2.64. The first-order valence-corrected chi connectivity index (χ1v) is 25.0. The molecule has 13 nitrogen and oxygen atoms in total. The highest BCUT2D eigenvalue weighted by molar-refractivity contribution is 7.13. The Morgan fingerprint density at radius 2 is 1.71 bits per heavy atom. The van der Waals surface area contributed by atoms with Gasteiger partial charge in [0.05, 0.1) is 38.8 Å². The van der Waals surface area contributed by atoms with Gasteiger partial charge >= 0.3 is 0 Å². The normalized spacial score (nSPS) is 21.0. The van der Waals surface area contributed by atoms with Crippen molar-refractivity contribution in [3.63, 3.8) is 0 Å². The molecule has 3 atom stereocenters. The van der Waals surface area contributed by atoms with E-state index in [2.05, 4.69) is 66.8 Å². The predicted molar refractivity (Wildman–Crippen MR) is 265 cm³/mol. The number of aliphatic hydroxyl groups excluding tert-OH is 1. The SMILES string of the molecule is CC1(C)C(NC(=O)c2ccc(NCCCCOCC(=O)N[C@H](C(=O)N3C[C@H](O)C[C@H]3C(=O)CCc3ccc(-c4scnc4C4CC4)cc3)C(C)(C)C)cc2)C(C)(C)C1Oc1ccc(C#N)c(Cl)c1. The molecule has 1 saturated heterocycles. The summed E-state index contributed by atoms with van der Waals surface area (Å²) in [6.07, 6.45) is 3.71. The molecule has 4 N–H and O–H groups in total. The predicted octanol–water partition coefficient (Wildman–Crippen LogP) is 8.73. The van der Waals surface area contributed by atoms with Crippen LogP contribution in [0.3, 0.4) is 0 Å². The molecule has 0 spiro atoms. The van der Waals surface area contributed by atoms with Gasteiger partial charge in [-0.25, -0.2) is 4.98 Å². The van der Waals surface area contributed by atoms with Gasteiger partial charge in [-0.1, -0.05) is 84.3 Å². The van der Waals surface area contributed by atoms with Crippen LogP contribution in [0.4, 0.5) is 5.69 Å². The number of halogens is 1. The molecule has 0 bridgehead atoms. The second-order valence-electron chi connectivity index (χ2n) is 20.8. The number of nitrogens with zero attached hydrogens (tertiary/aromatic N) is 3. The first-order chi connectivity index (χ1) is 32.3. The molecule has 362 valence electrons. The number of carbonyl (C=O) groups is 4. The maximum Gasteiger partial charge on any atom is 0.251 e. The van der Waals surface area contributed by atoms with Crippen molar-refractivity contribution in [3.05, 3.63) is 99.6 Å². The largest absolute Gasteiger partial charge is 0.489 e. The van der Waals surface area contributed by atoms with Crippen molar-refractivity contribution in [2.45, 2.75) is 130 Å². The molecule has 1 aliphatic heterocycles. The van der Waals surface area contributed by atoms with E-state index in [1.54, 1.807) is 41.7 Å². The highest BCUT2D eigenvalue weighted by atomic mass is 35.5. The van der Waals surface area contributed by atoms with Crippen molar-refractivity contribution >= 4 is 52.1 Å². The number of Topliss-reactive ketones (excluding diaryl/α,β-unsaturated/α-hetero) is 1. The molecule has 0 radical (unpaired) electrons. The van der Waals surface area contributed by atoms with E-state index in [9.17, 15) is 29.5 Å². The summed E-state index contributed by atoms with van der Waals surface area (Å²) in [5.74, 6) is 0.0415. The minimum absolute atomic E-state index is 0.0308. The Labute approximate surface area is 409 Å². The average molecular weight is 966 g/mol. The van der Waals surface area contributed by atoms with Crippen molar-refractivity contribution < 1.29 is 33.8 Å². The lowest BCUT2D eigenvalue weighted by atomic mass is 9.49. The summed E-state index contributed by atoms with van der Waals surface area (Å²) < 4.78 is 12.1. The molecule has 4 aromatic rings. The summed E-state index contributed by atoms with van der Waals surface area (Å²) in [6, 6.07) is 20.8. The molecule has 0 unspecified atom stereocenters. The number of aromatic nitrogens is 1. The lowest BCUT2D eigenvalue weighted by molar-refractivity contribution is -0.164. The molecule has 3 aromatic carbocycles. The number of unbranched alkanes of at least 4 members (excludes halogenated alkanes) is 1. The maximum atomic E-state index is 14.1.